The second-order valence-electron chi connectivity index (χ2n) is 5.87. The number of nitrogens with one attached hydrogen (secondary N) is 1. The van der Waals surface area contributed by atoms with Gasteiger partial charge in [-0.3, -0.25) is 0 Å². The van der Waals surface area contributed by atoms with Crippen molar-refractivity contribution >= 4 is 22.7 Å². The van der Waals surface area contributed by atoms with E-state index in [9.17, 15) is 0 Å². The predicted molar refractivity (Wildman–Crippen MR) is 89.7 cm³/mol. The average molecular weight is 301 g/mol. The van der Waals surface area contributed by atoms with Gasteiger partial charge in [-0.05, 0) is 18.9 Å². The molecule has 0 bridgehead atoms. The number of nitrogens with zero attached hydrogens (tertiary/aromatic N) is 2. The minimum Gasteiger partial charge on any atom is -0.313 e. The number of benzene rings is 1. The van der Waals surface area contributed by atoms with Crippen LogP contribution in [0.15, 0.2) is 35.6 Å². The first-order valence-corrected chi connectivity index (χ1v) is 8.80. The maximum atomic E-state index is 4.47. The minimum absolute atomic E-state index is 0.519. The van der Waals surface area contributed by atoms with Crippen LogP contribution < -0.4 is 5.32 Å². The Bertz CT molecular complexity index is 576. The number of aromatic nitrogens is 2. The zero-order valence-corrected chi connectivity index (χ0v) is 13.4. The summed E-state index contributed by atoms with van der Waals surface area (Å²) >= 11 is 1.85. The zero-order chi connectivity index (χ0) is 14.5. The quantitative estimate of drug-likeness (QED) is 0.668. The van der Waals surface area contributed by atoms with Gasteiger partial charge in [0.1, 0.15) is 11.4 Å². The summed E-state index contributed by atoms with van der Waals surface area (Å²) in [4.78, 5) is 8.79. The summed E-state index contributed by atoms with van der Waals surface area (Å²) in [5.41, 5.74) is 1.03. The Balaban J connectivity index is 1.59. The first kappa shape index (κ1) is 14.8. The van der Waals surface area contributed by atoms with Gasteiger partial charge in [-0.1, -0.05) is 44.4 Å². The fourth-order valence-electron chi connectivity index (χ4n) is 2.95. The second-order valence-corrected chi connectivity index (χ2v) is 7.29. The molecule has 1 aliphatic carbocycles. The van der Waals surface area contributed by atoms with E-state index in [1.807, 2.05) is 23.9 Å². The maximum absolute atomic E-state index is 4.47. The number of para-hydroxylation sites is 1. The van der Waals surface area contributed by atoms with Gasteiger partial charge in [0, 0.05) is 23.2 Å². The normalized spacial score (nSPS) is 18.0. The average Bonchev–Trinajstić information content (AvgIpc) is 2.54. The van der Waals surface area contributed by atoms with Gasteiger partial charge in [0.15, 0.2) is 0 Å². The van der Waals surface area contributed by atoms with Crippen molar-refractivity contribution in [3.8, 4) is 0 Å². The highest BCUT2D eigenvalue weighted by Gasteiger charge is 2.15. The lowest BCUT2D eigenvalue weighted by Crippen LogP contribution is -2.35. The number of hydrogen-bond donors (Lipinski definition) is 1. The van der Waals surface area contributed by atoms with Crippen LogP contribution >= 0.6 is 11.8 Å². The molecule has 1 aromatic carbocycles. The molecule has 1 heterocycles. The van der Waals surface area contributed by atoms with Crippen molar-refractivity contribution < 1.29 is 0 Å². The van der Waals surface area contributed by atoms with Crippen LogP contribution in [0.4, 0.5) is 0 Å². The molecule has 0 spiro atoms. The van der Waals surface area contributed by atoms with Crippen LogP contribution in [-0.4, -0.2) is 27.8 Å². The third-order valence-corrected chi connectivity index (χ3v) is 5.24. The molecule has 1 fully saturated rings. The first-order valence-electron chi connectivity index (χ1n) is 7.93. The number of hydrogen-bond acceptors (Lipinski definition) is 4. The van der Waals surface area contributed by atoms with E-state index < -0.39 is 0 Å². The largest absolute Gasteiger partial charge is 0.313 e. The van der Waals surface area contributed by atoms with Gasteiger partial charge in [-0.15, -0.1) is 11.8 Å². The molecule has 1 aromatic heterocycles. The standard InChI is InChI=1S/C17H23N3S/c1-13(11-18-14-7-3-2-4-8-14)21-17-15-9-5-6-10-16(15)19-12-20-17/h5-6,9-10,12-14,18H,2-4,7-8,11H2,1H3. The van der Waals surface area contributed by atoms with Crippen molar-refractivity contribution in [1.82, 2.24) is 15.3 Å². The Morgan fingerprint density at radius 2 is 2.00 bits per heavy atom. The smallest absolute Gasteiger partial charge is 0.117 e. The topological polar surface area (TPSA) is 37.8 Å². The van der Waals surface area contributed by atoms with Gasteiger partial charge in [-0.25, -0.2) is 9.97 Å². The van der Waals surface area contributed by atoms with Crippen molar-refractivity contribution in [3.63, 3.8) is 0 Å². The highest BCUT2D eigenvalue weighted by Crippen LogP contribution is 2.27. The summed E-state index contributed by atoms with van der Waals surface area (Å²) in [7, 11) is 0. The van der Waals surface area contributed by atoms with Crippen molar-refractivity contribution in [2.24, 2.45) is 0 Å². The first-order chi connectivity index (χ1) is 10.3. The second kappa shape index (κ2) is 7.23. The van der Waals surface area contributed by atoms with Gasteiger partial charge in [0.05, 0.1) is 5.52 Å². The van der Waals surface area contributed by atoms with E-state index in [0.29, 0.717) is 5.25 Å². The number of thioether (sulfide) groups is 1. The van der Waals surface area contributed by atoms with Crippen LogP contribution in [-0.2, 0) is 0 Å². The number of rotatable bonds is 5. The van der Waals surface area contributed by atoms with Crippen LogP contribution in [0.5, 0.6) is 0 Å². The summed E-state index contributed by atoms with van der Waals surface area (Å²) in [6.07, 6.45) is 8.54. The maximum Gasteiger partial charge on any atom is 0.117 e. The fourth-order valence-corrected chi connectivity index (χ4v) is 3.91. The molecule has 21 heavy (non-hydrogen) atoms. The molecule has 1 atom stereocenters. The summed E-state index contributed by atoms with van der Waals surface area (Å²) < 4.78 is 0. The highest BCUT2D eigenvalue weighted by molar-refractivity contribution is 8.00. The van der Waals surface area contributed by atoms with E-state index in [1.54, 1.807) is 6.33 Å². The monoisotopic (exact) mass is 301 g/mol. The molecule has 1 saturated carbocycles. The molecule has 1 unspecified atom stereocenters. The van der Waals surface area contributed by atoms with Crippen molar-refractivity contribution in [2.45, 2.75) is 55.3 Å². The Kier molecular flexibility index (Phi) is 5.09. The van der Waals surface area contributed by atoms with Crippen LogP contribution in [0.2, 0.25) is 0 Å². The summed E-state index contributed by atoms with van der Waals surface area (Å²) in [5.74, 6) is 0. The van der Waals surface area contributed by atoms with E-state index in [0.717, 1.165) is 28.5 Å². The molecule has 3 rings (SSSR count). The zero-order valence-electron chi connectivity index (χ0n) is 12.6. The minimum atomic E-state index is 0.519. The third-order valence-electron chi connectivity index (χ3n) is 4.12. The van der Waals surface area contributed by atoms with E-state index in [4.69, 9.17) is 0 Å². The summed E-state index contributed by atoms with van der Waals surface area (Å²) in [6, 6.07) is 8.97. The molecule has 112 valence electrons. The number of fused-ring (bicyclic) bond motifs is 1. The Labute approximate surface area is 131 Å². The van der Waals surface area contributed by atoms with E-state index in [1.165, 1.54) is 32.1 Å². The molecule has 2 aromatic rings. The van der Waals surface area contributed by atoms with Gasteiger partial charge in [0.2, 0.25) is 0 Å². The third kappa shape index (κ3) is 3.95. The molecular weight excluding hydrogens is 278 g/mol. The molecule has 0 radical (unpaired) electrons. The molecule has 0 amide bonds. The van der Waals surface area contributed by atoms with Gasteiger partial charge in [0.25, 0.3) is 0 Å². The predicted octanol–water partition coefficient (Wildman–Crippen LogP) is 4.03. The SMILES string of the molecule is CC(CNC1CCCCC1)Sc1ncnc2ccccc12. The lowest BCUT2D eigenvalue weighted by atomic mass is 9.95. The lowest BCUT2D eigenvalue weighted by molar-refractivity contribution is 0.375. The molecule has 1 aliphatic rings. The molecule has 4 heteroatoms. The van der Waals surface area contributed by atoms with Crippen LogP contribution in [0.1, 0.15) is 39.0 Å². The van der Waals surface area contributed by atoms with E-state index in [-0.39, 0.29) is 0 Å². The van der Waals surface area contributed by atoms with Crippen LogP contribution in [0.25, 0.3) is 10.9 Å². The molecule has 1 N–H and O–H groups in total. The van der Waals surface area contributed by atoms with Crippen molar-refractivity contribution in [1.29, 1.82) is 0 Å². The van der Waals surface area contributed by atoms with Crippen molar-refractivity contribution in [2.75, 3.05) is 6.54 Å². The Morgan fingerprint density at radius 1 is 1.19 bits per heavy atom. The Morgan fingerprint density at radius 3 is 2.86 bits per heavy atom. The van der Waals surface area contributed by atoms with Gasteiger partial charge >= 0.3 is 0 Å². The van der Waals surface area contributed by atoms with Gasteiger partial charge in [-0.2, -0.15) is 0 Å². The summed E-state index contributed by atoms with van der Waals surface area (Å²) in [6.45, 7) is 3.32. The summed E-state index contributed by atoms with van der Waals surface area (Å²) in [5, 5.41) is 6.50. The fraction of sp³-hybridized carbons (Fsp3) is 0.529. The lowest BCUT2D eigenvalue weighted by Gasteiger charge is -2.24. The van der Waals surface area contributed by atoms with Crippen LogP contribution in [0, 0.1) is 0 Å². The van der Waals surface area contributed by atoms with E-state index >= 15 is 0 Å². The van der Waals surface area contributed by atoms with E-state index in [2.05, 4.69) is 34.3 Å². The Hall–Kier alpha value is -1.13. The molecule has 0 saturated heterocycles. The van der Waals surface area contributed by atoms with Crippen molar-refractivity contribution in [3.05, 3.63) is 30.6 Å². The highest BCUT2D eigenvalue weighted by atomic mass is 32.2. The molecular formula is C17H23N3S. The molecule has 3 nitrogen and oxygen atoms in total. The van der Waals surface area contributed by atoms with Gasteiger partial charge < -0.3 is 5.32 Å². The molecule has 0 aliphatic heterocycles. The van der Waals surface area contributed by atoms with Crippen LogP contribution in [0.3, 0.4) is 0 Å².